The first-order valence-electron chi connectivity index (χ1n) is 4.28. The smallest absolute Gasteiger partial charge is 0.453 e. The zero-order valence-corrected chi connectivity index (χ0v) is 10.7. The van der Waals surface area contributed by atoms with Crippen LogP contribution in [0.4, 0.5) is 0 Å². The number of aliphatic hydroxyl groups is 6. The third-order valence-corrected chi connectivity index (χ3v) is 3.10. The van der Waals surface area contributed by atoms with E-state index in [2.05, 4.69) is 9.47 Å². The largest absolute Gasteiger partial charge is 0.504 e. The van der Waals surface area contributed by atoms with Crippen LogP contribution >= 0.6 is 22.6 Å². The maximum absolute atomic E-state index is 9.60. The molecule has 0 radical (unpaired) electrons. The molecule has 0 spiro atoms. The van der Waals surface area contributed by atoms with Gasteiger partial charge in [-0.2, -0.15) is 0 Å². The average Bonchev–Trinajstić information content (AvgIpc) is 2.22. The fourth-order valence-corrected chi connectivity index (χ4v) is 1.82. The minimum Gasteiger partial charge on any atom is -0.504 e. The second kappa shape index (κ2) is 4.96. The van der Waals surface area contributed by atoms with Crippen molar-refractivity contribution >= 4 is 22.6 Å². The van der Waals surface area contributed by atoms with E-state index in [1.807, 2.05) is 0 Å². The molecule has 1 aliphatic carbocycles. The zero-order valence-electron chi connectivity index (χ0n) is 8.53. The van der Waals surface area contributed by atoms with E-state index in [9.17, 15) is 15.3 Å². The summed E-state index contributed by atoms with van der Waals surface area (Å²) < 4.78 is 8.78. The van der Waals surface area contributed by atoms with Crippen molar-refractivity contribution < 1.29 is 40.1 Å². The zero-order chi connectivity index (χ0) is 13.4. The number of hydrogen-bond acceptors (Lipinski definition) is 8. The summed E-state index contributed by atoms with van der Waals surface area (Å²) in [6.45, 7) is 0. The molecule has 0 fully saturated rings. The lowest BCUT2D eigenvalue weighted by Crippen LogP contribution is -2.38. The predicted molar refractivity (Wildman–Crippen MR) is 60.2 cm³/mol. The van der Waals surface area contributed by atoms with Crippen LogP contribution in [0.5, 0.6) is 0 Å². The van der Waals surface area contributed by atoms with Crippen LogP contribution in [0.3, 0.4) is 0 Å². The lowest BCUT2D eigenvalue weighted by Gasteiger charge is -2.29. The molecule has 6 N–H and O–H groups in total. The molecular formula is C8H11IO8. The number of ether oxygens (including phenoxy) is 2. The van der Waals surface area contributed by atoms with Crippen LogP contribution in [0.25, 0.3) is 0 Å². The highest BCUT2D eigenvalue weighted by atomic mass is 127. The first-order chi connectivity index (χ1) is 7.69. The molecule has 0 aromatic heterocycles. The lowest BCUT2D eigenvalue weighted by molar-refractivity contribution is -0.442. The Bertz CT molecular complexity index is 368. The topological polar surface area (TPSA) is 140 Å². The molecule has 17 heavy (non-hydrogen) atoms. The standard InChI is InChI=1S/C8H11IO8/c1-16-6-5(12)3(10)2(9)4(11)7(6)17-8(13,14)15/h3,5,10-15H,1H3. The van der Waals surface area contributed by atoms with Crippen molar-refractivity contribution in [2.75, 3.05) is 7.11 Å². The summed E-state index contributed by atoms with van der Waals surface area (Å²) in [5, 5.41) is 54.7. The minimum atomic E-state index is -3.55. The third-order valence-electron chi connectivity index (χ3n) is 1.95. The van der Waals surface area contributed by atoms with Gasteiger partial charge in [-0.3, -0.25) is 0 Å². The van der Waals surface area contributed by atoms with Gasteiger partial charge in [0.1, 0.15) is 12.2 Å². The SMILES string of the molecule is COC1=C(OC(O)(O)O)C(O)=C(I)C(O)C1O. The predicted octanol–water partition coefficient (Wildman–Crippen LogP) is -1.61. The van der Waals surface area contributed by atoms with Crippen molar-refractivity contribution in [1.29, 1.82) is 0 Å². The van der Waals surface area contributed by atoms with Gasteiger partial charge in [0.05, 0.1) is 10.7 Å². The molecule has 0 heterocycles. The van der Waals surface area contributed by atoms with Gasteiger partial charge >= 0.3 is 6.16 Å². The molecule has 0 saturated carbocycles. The van der Waals surface area contributed by atoms with Gasteiger partial charge in [0.15, 0.2) is 11.5 Å². The van der Waals surface area contributed by atoms with Crippen LogP contribution in [0.2, 0.25) is 0 Å². The molecule has 0 amide bonds. The Kier molecular flexibility index (Phi) is 4.22. The quantitative estimate of drug-likeness (QED) is 0.260. The maximum atomic E-state index is 9.60. The summed E-state index contributed by atoms with van der Waals surface area (Å²) in [6.07, 6.45) is -6.56. The van der Waals surface area contributed by atoms with Crippen LogP contribution in [-0.2, 0) is 9.47 Å². The molecule has 2 atom stereocenters. The van der Waals surface area contributed by atoms with E-state index in [1.54, 1.807) is 0 Å². The van der Waals surface area contributed by atoms with Gasteiger partial charge in [0.2, 0.25) is 5.76 Å². The summed E-state index contributed by atoms with van der Waals surface area (Å²) in [7, 11) is 1.11. The van der Waals surface area contributed by atoms with Crippen molar-refractivity contribution in [3.63, 3.8) is 0 Å². The Morgan fingerprint density at radius 2 is 1.71 bits per heavy atom. The average molecular weight is 362 g/mol. The molecule has 1 rings (SSSR count). The highest BCUT2D eigenvalue weighted by Gasteiger charge is 2.39. The molecular weight excluding hydrogens is 351 g/mol. The fraction of sp³-hybridized carbons (Fsp3) is 0.500. The highest BCUT2D eigenvalue weighted by Crippen LogP contribution is 2.35. The van der Waals surface area contributed by atoms with Gasteiger partial charge in [-0.05, 0) is 22.6 Å². The molecule has 1 aliphatic rings. The fourth-order valence-electron chi connectivity index (χ4n) is 1.23. The van der Waals surface area contributed by atoms with E-state index >= 15 is 0 Å². The normalized spacial score (nSPS) is 26.3. The molecule has 0 aromatic carbocycles. The first kappa shape index (κ1) is 14.5. The summed E-state index contributed by atoms with van der Waals surface area (Å²) in [5.41, 5.74) is 0. The Morgan fingerprint density at radius 3 is 2.12 bits per heavy atom. The van der Waals surface area contributed by atoms with Crippen molar-refractivity contribution in [3.8, 4) is 0 Å². The van der Waals surface area contributed by atoms with Crippen molar-refractivity contribution in [3.05, 3.63) is 20.9 Å². The first-order valence-corrected chi connectivity index (χ1v) is 5.36. The summed E-state index contributed by atoms with van der Waals surface area (Å²) in [4.78, 5) is 0. The summed E-state index contributed by atoms with van der Waals surface area (Å²) in [6, 6.07) is 0. The Morgan fingerprint density at radius 1 is 1.18 bits per heavy atom. The number of aliphatic hydroxyl groups excluding tert-OH is 3. The number of rotatable bonds is 3. The number of hydrogen-bond donors (Lipinski definition) is 6. The lowest BCUT2D eigenvalue weighted by atomic mass is 10.0. The van der Waals surface area contributed by atoms with Crippen LogP contribution in [0.15, 0.2) is 20.9 Å². The Balaban J connectivity index is 3.24. The molecule has 2 unspecified atom stereocenters. The number of halogens is 1. The molecule has 0 aliphatic heterocycles. The van der Waals surface area contributed by atoms with Gasteiger partial charge in [0, 0.05) is 0 Å². The van der Waals surface area contributed by atoms with E-state index < -0.39 is 35.6 Å². The van der Waals surface area contributed by atoms with Crippen LogP contribution < -0.4 is 0 Å². The van der Waals surface area contributed by atoms with E-state index in [0.717, 1.165) is 7.11 Å². The second-order valence-corrected chi connectivity index (χ2v) is 4.32. The molecule has 98 valence electrons. The molecule has 0 bridgehead atoms. The van der Waals surface area contributed by atoms with Crippen LogP contribution in [-0.4, -0.2) is 56.1 Å². The molecule has 9 heteroatoms. The minimum absolute atomic E-state index is 0.102. The molecule has 0 aromatic rings. The molecule has 0 saturated heterocycles. The third kappa shape index (κ3) is 3.00. The van der Waals surface area contributed by atoms with Crippen molar-refractivity contribution in [1.82, 2.24) is 0 Å². The monoisotopic (exact) mass is 362 g/mol. The summed E-state index contributed by atoms with van der Waals surface area (Å²) >= 11 is 1.52. The van der Waals surface area contributed by atoms with Crippen LogP contribution in [0, 0.1) is 0 Å². The van der Waals surface area contributed by atoms with Gasteiger partial charge < -0.3 is 40.1 Å². The van der Waals surface area contributed by atoms with Gasteiger partial charge in [-0.1, -0.05) is 0 Å². The van der Waals surface area contributed by atoms with Gasteiger partial charge in [0.25, 0.3) is 0 Å². The highest BCUT2D eigenvalue weighted by molar-refractivity contribution is 14.1. The molecule has 8 nitrogen and oxygen atoms in total. The summed E-state index contributed by atoms with van der Waals surface area (Å²) in [5.74, 6) is -1.80. The van der Waals surface area contributed by atoms with Crippen molar-refractivity contribution in [2.24, 2.45) is 0 Å². The maximum Gasteiger partial charge on any atom is 0.453 e. The Hall–Kier alpha value is -0.590. The second-order valence-electron chi connectivity index (χ2n) is 3.16. The van der Waals surface area contributed by atoms with E-state index in [4.69, 9.17) is 15.3 Å². The van der Waals surface area contributed by atoms with Crippen LogP contribution in [0.1, 0.15) is 0 Å². The van der Waals surface area contributed by atoms with Gasteiger partial charge in [-0.25, -0.2) is 0 Å². The van der Waals surface area contributed by atoms with Crippen molar-refractivity contribution in [2.45, 2.75) is 18.4 Å². The van der Waals surface area contributed by atoms with E-state index in [0.29, 0.717) is 0 Å². The Labute approximate surface area is 109 Å². The van der Waals surface area contributed by atoms with Gasteiger partial charge in [-0.15, -0.1) is 0 Å². The number of methoxy groups -OCH3 is 1. The van der Waals surface area contributed by atoms with E-state index in [1.165, 1.54) is 22.6 Å². The van der Waals surface area contributed by atoms with E-state index in [-0.39, 0.29) is 3.58 Å².